The Morgan fingerprint density at radius 1 is 1.25 bits per heavy atom. The van der Waals surface area contributed by atoms with Crippen LogP contribution in [0.25, 0.3) is 0 Å². The lowest BCUT2D eigenvalue weighted by Crippen LogP contribution is -2.42. The van der Waals surface area contributed by atoms with Gasteiger partial charge in [0.2, 0.25) is 0 Å². The maximum atomic E-state index is 12.0. The minimum absolute atomic E-state index is 0.102. The van der Waals surface area contributed by atoms with Gasteiger partial charge in [-0.3, -0.25) is 9.59 Å². The third kappa shape index (κ3) is 4.99. The predicted molar refractivity (Wildman–Crippen MR) is 73.6 cm³/mol. The average molecular weight is 280 g/mol. The van der Waals surface area contributed by atoms with Crippen molar-refractivity contribution in [1.29, 1.82) is 0 Å². The van der Waals surface area contributed by atoms with E-state index in [1.807, 2.05) is 30.3 Å². The molecule has 20 heavy (non-hydrogen) atoms. The summed E-state index contributed by atoms with van der Waals surface area (Å²) < 4.78 is 5.14. The van der Waals surface area contributed by atoms with Crippen LogP contribution in [0.15, 0.2) is 30.3 Å². The number of benzene rings is 1. The molecule has 0 spiro atoms. The molecule has 0 aliphatic heterocycles. The molecule has 0 amide bonds. The van der Waals surface area contributed by atoms with Gasteiger partial charge in [-0.25, -0.2) is 0 Å². The summed E-state index contributed by atoms with van der Waals surface area (Å²) in [5.41, 5.74) is 11.7. The van der Waals surface area contributed by atoms with Crippen LogP contribution in [0.1, 0.15) is 18.4 Å². The van der Waals surface area contributed by atoms with Gasteiger partial charge in [-0.15, -0.1) is 0 Å². The first-order valence-corrected chi connectivity index (χ1v) is 6.45. The molecule has 0 saturated carbocycles. The molecule has 5 N–H and O–H groups in total. The van der Waals surface area contributed by atoms with E-state index in [1.54, 1.807) is 0 Å². The van der Waals surface area contributed by atoms with Gasteiger partial charge in [-0.2, -0.15) is 0 Å². The molecule has 0 saturated heterocycles. The van der Waals surface area contributed by atoms with Crippen LogP contribution in [-0.4, -0.2) is 29.6 Å². The molecule has 0 aliphatic rings. The quantitative estimate of drug-likeness (QED) is 0.597. The van der Waals surface area contributed by atoms with Crippen molar-refractivity contribution in [2.45, 2.75) is 25.5 Å². The Hall–Kier alpha value is -1.92. The van der Waals surface area contributed by atoms with Crippen LogP contribution in [0.4, 0.5) is 0 Å². The van der Waals surface area contributed by atoms with E-state index in [4.69, 9.17) is 21.3 Å². The number of hydrogen-bond acceptors (Lipinski definition) is 5. The van der Waals surface area contributed by atoms with Crippen molar-refractivity contribution in [2.24, 2.45) is 17.4 Å². The lowest BCUT2D eigenvalue weighted by atomic mass is 9.95. The second kappa shape index (κ2) is 8.29. The Balaban J connectivity index is 2.60. The molecule has 0 aliphatic carbocycles. The molecule has 1 rings (SSSR count). The van der Waals surface area contributed by atoms with Gasteiger partial charge in [-0.05, 0) is 24.9 Å². The van der Waals surface area contributed by atoms with Gasteiger partial charge in [0.05, 0.1) is 5.92 Å². The van der Waals surface area contributed by atoms with E-state index in [9.17, 15) is 9.59 Å². The fourth-order valence-corrected chi connectivity index (χ4v) is 1.79. The van der Waals surface area contributed by atoms with E-state index >= 15 is 0 Å². The Morgan fingerprint density at radius 2 is 1.90 bits per heavy atom. The fraction of sp³-hybridized carbons (Fsp3) is 0.429. The highest BCUT2D eigenvalue weighted by atomic mass is 16.5. The summed E-state index contributed by atoms with van der Waals surface area (Å²) in [6.07, 6.45) is 0.823. The normalized spacial score (nSPS) is 13.5. The summed E-state index contributed by atoms with van der Waals surface area (Å²) in [5, 5.41) is 8.92. The minimum atomic E-state index is -1.27. The number of carboxylic acid groups (broad SMARTS) is 1. The van der Waals surface area contributed by atoms with Gasteiger partial charge in [0.25, 0.3) is 0 Å². The topological polar surface area (TPSA) is 116 Å². The molecule has 0 fully saturated rings. The van der Waals surface area contributed by atoms with Gasteiger partial charge in [0.1, 0.15) is 12.6 Å². The van der Waals surface area contributed by atoms with E-state index in [-0.39, 0.29) is 6.61 Å². The third-order valence-corrected chi connectivity index (χ3v) is 2.96. The van der Waals surface area contributed by atoms with Crippen molar-refractivity contribution < 1.29 is 19.4 Å². The number of esters is 1. The Morgan fingerprint density at radius 3 is 2.45 bits per heavy atom. The predicted octanol–water partition coefficient (Wildman–Crippen LogP) is 0.497. The number of ether oxygens (including phenoxy) is 1. The Bertz CT molecular complexity index is 436. The summed E-state index contributed by atoms with van der Waals surface area (Å²) in [6.45, 7) is 0.472. The standard InChI is InChI=1S/C14H20N2O4/c15-8-4-7-11(12(16)13(17)18)14(19)20-9-10-5-2-1-3-6-10/h1-3,5-6,11-12H,4,7-9,15-16H2,(H,17,18)/t11?,12-/m0/s1. The smallest absolute Gasteiger partial charge is 0.321 e. The van der Waals surface area contributed by atoms with Crippen molar-refractivity contribution in [3.63, 3.8) is 0 Å². The molecule has 0 heterocycles. The second-order valence-corrected chi connectivity index (χ2v) is 4.49. The lowest BCUT2D eigenvalue weighted by Gasteiger charge is -2.19. The zero-order chi connectivity index (χ0) is 15.0. The molecule has 110 valence electrons. The molecule has 0 radical (unpaired) electrons. The molecule has 0 bridgehead atoms. The van der Waals surface area contributed by atoms with Crippen LogP contribution >= 0.6 is 0 Å². The van der Waals surface area contributed by atoms with Gasteiger partial charge >= 0.3 is 11.9 Å². The van der Waals surface area contributed by atoms with Gasteiger partial charge in [0, 0.05) is 0 Å². The lowest BCUT2D eigenvalue weighted by molar-refractivity contribution is -0.155. The van der Waals surface area contributed by atoms with E-state index in [0.717, 1.165) is 5.56 Å². The number of hydrogen-bond donors (Lipinski definition) is 3. The zero-order valence-electron chi connectivity index (χ0n) is 11.2. The van der Waals surface area contributed by atoms with Crippen molar-refractivity contribution >= 4 is 11.9 Å². The first-order valence-electron chi connectivity index (χ1n) is 6.45. The fourth-order valence-electron chi connectivity index (χ4n) is 1.79. The highest BCUT2D eigenvalue weighted by Gasteiger charge is 2.31. The van der Waals surface area contributed by atoms with Crippen LogP contribution in [0.2, 0.25) is 0 Å². The summed E-state index contributed by atoms with van der Waals surface area (Å²) in [7, 11) is 0. The maximum absolute atomic E-state index is 12.0. The van der Waals surface area contributed by atoms with E-state index in [0.29, 0.717) is 19.4 Å². The summed E-state index contributed by atoms with van der Waals surface area (Å²) in [6, 6.07) is 7.88. The number of aliphatic carboxylic acids is 1. The van der Waals surface area contributed by atoms with Gasteiger partial charge in [-0.1, -0.05) is 30.3 Å². The highest BCUT2D eigenvalue weighted by molar-refractivity contribution is 5.83. The van der Waals surface area contributed by atoms with Gasteiger partial charge < -0.3 is 21.3 Å². The molecule has 6 heteroatoms. The van der Waals surface area contributed by atoms with Crippen molar-refractivity contribution in [3.05, 3.63) is 35.9 Å². The number of carboxylic acids is 1. The first kappa shape index (κ1) is 16.1. The molecule has 1 unspecified atom stereocenters. The van der Waals surface area contributed by atoms with E-state index in [2.05, 4.69) is 0 Å². The van der Waals surface area contributed by atoms with Gasteiger partial charge in [0.15, 0.2) is 0 Å². The monoisotopic (exact) mass is 280 g/mol. The van der Waals surface area contributed by atoms with E-state index < -0.39 is 23.9 Å². The summed E-state index contributed by atoms with van der Waals surface area (Å²) >= 11 is 0. The molecular weight excluding hydrogens is 260 g/mol. The first-order chi connectivity index (χ1) is 9.56. The minimum Gasteiger partial charge on any atom is -0.480 e. The van der Waals surface area contributed by atoms with E-state index in [1.165, 1.54) is 0 Å². The van der Waals surface area contributed by atoms with Crippen LogP contribution in [0, 0.1) is 5.92 Å². The van der Waals surface area contributed by atoms with Crippen LogP contribution in [0.3, 0.4) is 0 Å². The largest absolute Gasteiger partial charge is 0.480 e. The van der Waals surface area contributed by atoms with Crippen LogP contribution in [0.5, 0.6) is 0 Å². The van der Waals surface area contributed by atoms with Crippen molar-refractivity contribution in [3.8, 4) is 0 Å². The molecular formula is C14H20N2O4. The number of nitrogens with two attached hydrogens (primary N) is 2. The van der Waals surface area contributed by atoms with Crippen molar-refractivity contribution in [2.75, 3.05) is 6.54 Å². The Labute approximate surface area is 117 Å². The second-order valence-electron chi connectivity index (χ2n) is 4.49. The molecule has 0 aromatic heterocycles. The molecule has 2 atom stereocenters. The summed E-state index contributed by atoms with van der Waals surface area (Å²) in [5.74, 6) is -2.69. The molecule has 1 aromatic carbocycles. The number of rotatable bonds is 8. The molecule has 1 aromatic rings. The number of carbonyl (C=O) groups is 2. The van der Waals surface area contributed by atoms with Crippen LogP contribution < -0.4 is 11.5 Å². The zero-order valence-corrected chi connectivity index (χ0v) is 11.2. The molecule has 6 nitrogen and oxygen atoms in total. The SMILES string of the molecule is NCCCC(C(=O)OCc1ccccc1)[C@H](N)C(=O)O. The highest BCUT2D eigenvalue weighted by Crippen LogP contribution is 2.14. The third-order valence-electron chi connectivity index (χ3n) is 2.96. The summed E-state index contributed by atoms with van der Waals surface area (Å²) in [4.78, 5) is 22.9. The van der Waals surface area contributed by atoms with Crippen LogP contribution in [-0.2, 0) is 20.9 Å². The Kier molecular flexibility index (Phi) is 6.69. The average Bonchev–Trinajstić information content (AvgIpc) is 2.46. The maximum Gasteiger partial charge on any atom is 0.321 e. The number of carbonyl (C=O) groups excluding carboxylic acids is 1. The van der Waals surface area contributed by atoms with Crippen molar-refractivity contribution in [1.82, 2.24) is 0 Å².